The third-order valence-corrected chi connectivity index (χ3v) is 3.84. The summed E-state index contributed by atoms with van der Waals surface area (Å²) in [7, 11) is 0. The Hall–Kier alpha value is -1.78. The summed E-state index contributed by atoms with van der Waals surface area (Å²) in [5.41, 5.74) is 1.41. The first kappa shape index (κ1) is 14.6. The predicted octanol–water partition coefficient (Wildman–Crippen LogP) is 4.02. The zero-order valence-corrected chi connectivity index (χ0v) is 12.2. The lowest BCUT2D eigenvalue weighted by molar-refractivity contribution is -0.383. The first-order valence-electron chi connectivity index (χ1n) is 7.39. The van der Waals surface area contributed by atoms with Gasteiger partial charge in [-0.25, -0.2) is 0 Å². The smallest absolute Gasteiger partial charge is 0.315 e. The van der Waals surface area contributed by atoms with Gasteiger partial charge in [-0.05, 0) is 43.7 Å². The Bertz CT molecular complexity index is 476. The van der Waals surface area contributed by atoms with Gasteiger partial charge in [0.15, 0.2) is 0 Å². The Morgan fingerprint density at radius 1 is 1.35 bits per heavy atom. The molecular formula is C15H23N3O2. The zero-order chi connectivity index (χ0) is 14.5. The molecular weight excluding hydrogens is 254 g/mol. The van der Waals surface area contributed by atoms with E-state index in [-0.39, 0.29) is 10.6 Å². The largest absolute Gasteiger partial charge is 0.379 e. The third kappa shape index (κ3) is 3.40. The van der Waals surface area contributed by atoms with Crippen molar-refractivity contribution in [1.82, 2.24) is 0 Å². The van der Waals surface area contributed by atoms with Crippen molar-refractivity contribution in [3.8, 4) is 0 Å². The minimum atomic E-state index is -0.293. The van der Waals surface area contributed by atoms with E-state index in [0.29, 0.717) is 23.3 Å². The molecule has 0 spiro atoms. The van der Waals surface area contributed by atoms with Gasteiger partial charge in [0, 0.05) is 12.6 Å². The SMILES string of the molecule is CCCNc1cccc(NC2CCC(C)C2)c1[N+](=O)[O-]. The molecule has 0 radical (unpaired) electrons. The minimum Gasteiger partial charge on any atom is -0.379 e. The van der Waals surface area contributed by atoms with Crippen molar-refractivity contribution in [3.63, 3.8) is 0 Å². The average molecular weight is 277 g/mol. The number of nitro groups is 1. The normalized spacial score (nSPS) is 21.7. The van der Waals surface area contributed by atoms with E-state index in [4.69, 9.17) is 0 Å². The first-order chi connectivity index (χ1) is 9.61. The van der Waals surface area contributed by atoms with E-state index in [0.717, 1.165) is 25.8 Å². The van der Waals surface area contributed by atoms with Crippen molar-refractivity contribution in [2.75, 3.05) is 17.2 Å². The second-order valence-electron chi connectivity index (χ2n) is 5.65. The molecule has 110 valence electrons. The standard InChI is InChI=1S/C15H23N3O2/c1-3-9-16-13-5-4-6-14(15(13)18(19)20)17-12-8-7-11(2)10-12/h4-6,11-12,16-17H,3,7-10H2,1-2H3. The van der Waals surface area contributed by atoms with Crippen LogP contribution in [0.4, 0.5) is 17.1 Å². The molecule has 2 unspecified atom stereocenters. The molecule has 1 aromatic carbocycles. The molecule has 1 aliphatic carbocycles. The molecule has 1 aliphatic rings. The highest BCUT2D eigenvalue weighted by atomic mass is 16.6. The molecule has 0 saturated heterocycles. The van der Waals surface area contributed by atoms with Crippen LogP contribution in [0.5, 0.6) is 0 Å². The Labute approximate surface area is 119 Å². The van der Waals surface area contributed by atoms with Crippen LogP contribution in [0, 0.1) is 16.0 Å². The van der Waals surface area contributed by atoms with Crippen LogP contribution in [0.1, 0.15) is 39.5 Å². The van der Waals surface area contributed by atoms with E-state index >= 15 is 0 Å². The van der Waals surface area contributed by atoms with E-state index in [1.807, 2.05) is 13.0 Å². The van der Waals surface area contributed by atoms with Crippen molar-refractivity contribution in [2.45, 2.75) is 45.6 Å². The van der Waals surface area contributed by atoms with Crippen LogP contribution in [-0.4, -0.2) is 17.5 Å². The molecule has 1 fully saturated rings. The first-order valence-corrected chi connectivity index (χ1v) is 7.39. The Morgan fingerprint density at radius 3 is 2.70 bits per heavy atom. The second-order valence-corrected chi connectivity index (χ2v) is 5.65. The van der Waals surface area contributed by atoms with Gasteiger partial charge in [-0.1, -0.05) is 19.9 Å². The van der Waals surface area contributed by atoms with Crippen molar-refractivity contribution in [2.24, 2.45) is 5.92 Å². The summed E-state index contributed by atoms with van der Waals surface area (Å²) in [6.07, 6.45) is 4.31. The van der Waals surface area contributed by atoms with Crippen molar-refractivity contribution in [3.05, 3.63) is 28.3 Å². The molecule has 1 aromatic rings. The van der Waals surface area contributed by atoms with Crippen molar-refractivity contribution >= 4 is 17.1 Å². The zero-order valence-electron chi connectivity index (χ0n) is 12.2. The van der Waals surface area contributed by atoms with Crippen LogP contribution in [0.3, 0.4) is 0 Å². The van der Waals surface area contributed by atoms with Crippen LogP contribution in [0.25, 0.3) is 0 Å². The molecule has 20 heavy (non-hydrogen) atoms. The number of benzene rings is 1. The van der Waals surface area contributed by atoms with Crippen molar-refractivity contribution < 1.29 is 4.92 Å². The fourth-order valence-corrected chi connectivity index (χ4v) is 2.82. The number of hydrogen-bond donors (Lipinski definition) is 2. The molecule has 0 aromatic heterocycles. The Morgan fingerprint density at radius 2 is 2.10 bits per heavy atom. The maximum absolute atomic E-state index is 11.4. The molecule has 1 saturated carbocycles. The fraction of sp³-hybridized carbons (Fsp3) is 0.600. The summed E-state index contributed by atoms with van der Waals surface area (Å²) in [5, 5.41) is 17.9. The molecule has 2 atom stereocenters. The van der Waals surface area contributed by atoms with Gasteiger partial charge >= 0.3 is 5.69 Å². The lowest BCUT2D eigenvalue weighted by Crippen LogP contribution is -2.17. The lowest BCUT2D eigenvalue weighted by Gasteiger charge is -2.16. The minimum absolute atomic E-state index is 0.167. The summed E-state index contributed by atoms with van der Waals surface area (Å²) in [5.74, 6) is 0.702. The summed E-state index contributed by atoms with van der Waals surface area (Å²) in [4.78, 5) is 11.1. The maximum atomic E-state index is 11.4. The highest BCUT2D eigenvalue weighted by molar-refractivity contribution is 5.76. The molecule has 0 aliphatic heterocycles. The van der Waals surface area contributed by atoms with Gasteiger partial charge < -0.3 is 10.6 Å². The number of rotatable bonds is 6. The molecule has 5 nitrogen and oxygen atoms in total. The highest BCUT2D eigenvalue weighted by Gasteiger charge is 2.25. The average Bonchev–Trinajstić information content (AvgIpc) is 2.81. The van der Waals surface area contributed by atoms with E-state index in [1.54, 1.807) is 12.1 Å². The molecule has 0 bridgehead atoms. The van der Waals surface area contributed by atoms with Crippen LogP contribution in [0.2, 0.25) is 0 Å². The fourth-order valence-electron chi connectivity index (χ4n) is 2.82. The number of hydrogen-bond acceptors (Lipinski definition) is 4. The topological polar surface area (TPSA) is 67.2 Å². The number of nitrogens with one attached hydrogen (secondary N) is 2. The molecule has 2 rings (SSSR count). The van der Waals surface area contributed by atoms with Crippen LogP contribution >= 0.6 is 0 Å². The number of nitro benzene ring substituents is 1. The summed E-state index contributed by atoms with van der Waals surface area (Å²) in [6.45, 7) is 5.01. The summed E-state index contributed by atoms with van der Waals surface area (Å²) < 4.78 is 0. The molecule has 2 N–H and O–H groups in total. The van der Waals surface area contributed by atoms with Gasteiger partial charge in [-0.3, -0.25) is 10.1 Å². The summed E-state index contributed by atoms with van der Waals surface area (Å²) >= 11 is 0. The van der Waals surface area contributed by atoms with Crippen LogP contribution in [0.15, 0.2) is 18.2 Å². The van der Waals surface area contributed by atoms with Gasteiger partial charge in [0.25, 0.3) is 0 Å². The van der Waals surface area contributed by atoms with E-state index in [9.17, 15) is 10.1 Å². The van der Waals surface area contributed by atoms with Gasteiger partial charge in [-0.2, -0.15) is 0 Å². The van der Waals surface area contributed by atoms with Gasteiger partial charge in [-0.15, -0.1) is 0 Å². The molecule has 0 amide bonds. The number of anilines is 2. The van der Waals surface area contributed by atoms with E-state index in [2.05, 4.69) is 17.6 Å². The van der Waals surface area contributed by atoms with Gasteiger partial charge in [0.1, 0.15) is 11.4 Å². The second kappa shape index (κ2) is 6.59. The van der Waals surface area contributed by atoms with Gasteiger partial charge in [0.05, 0.1) is 4.92 Å². The molecule has 5 heteroatoms. The van der Waals surface area contributed by atoms with Crippen molar-refractivity contribution in [1.29, 1.82) is 0 Å². The highest BCUT2D eigenvalue weighted by Crippen LogP contribution is 2.35. The number of para-hydroxylation sites is 1. The molecule has 0 heterocycles. The van der Waals surface area contributed by atoms with Crippen LogP contribution in [-0.2, 0) is 0 Å². The third-order valence-electron chi connectivity index (χ3n) is 3.84. The van der Waals surface area contributed by atoms with E-state index in [1.165, 1.54) is 6.42 Å². The monoisotopic (exact) mass is 277 g/mol. The number of nitrogens with zero attached hydrogens (tertiary/aromatic N) is 1. The van der Waals surface area contributed by atoms with Gasteiger partial charge in [0.2, 0.25) is 0 Å². The summed E-state index contributed by atoms with van der Waals surface area (Å²) in [6, 6.07) is 5.80. The van der Waals surface area contributed by atoms with Crippen LogP contribution < -0.4 is 10.6 Å². The van der Waals surface area contributed by atoms with E-state index < -0.39 is 0 Å². The predicted molar refractivity (Wildman–Crippen MR) is 82.3 cm³/mol. The Kier molecular flexibility index (Phi) is 4.82. The lowest BCUT2D eigenvalue weighted by atomic mass is 10.1. The maximum Gasteiger partial charge on any atom is 0.315 e. The Balaban J connectivity index is 2.20. The quantitative estimate of drug-likeness (QED) is 0.609.